The average molecular weight is 231 g/mol. The van der Waals surface area contributed by atoms with Crippen LogP contribution in [0.1, 0.15) is 18.2 Å². The molecule has 0 aliphatic carbocycles. The number of hydrogen-bond acceptors (Lipinski definition) is 4. The molecule has 1 N–H and O–H groups in total. The van der Waals surface area contributed by atoms with Gasteiger partial charge in [-0.1, -0.05) is 0 Å². The molecule has 0 spiro atoms. The van der Waals surface area contributed by atoms with Crippen LogP contribution in [0.15, 0.2) is 26.6 Å². The largest absolute Gasteiger partial charge is 0.275 e. The first kappa shape index (κ1) is 9.47. The van der Waals surface area contributed by atoms with E-state index in [0.29, 0.717) is 5.22 Å². The maximum absolute atomic E-state index is 11.5. The number of fused-ring (bicyclic) bond motifs is 1. The number of thiophene rings is 1. The number of hydrogen-bond donors (Lipinski definition) is 1. The second-order valence-corrected chi connectivity index (χ2v) is 4.51. The summed E-state index contributed by atoms with van der Waals surface area (Å²) in [5, 5.41) is 12.1. The lowest BCUT2D eigenvalue weighted by molar-refractivity contribution is 0.852. The van der Waals surface area contributed by atoms with Crippen LogP contribution in [0.2, 0.25) is 0 Å². The number of aromatic amines is 1. The van der Waals surface area contributed by atoms with Gasteiger partial charge in [0.25, 0.3) is 5.56 Å². The van der Waals surface area contributed by atoms with E-state index < -0.39 is 0 Å². The minimum atomic E-state index is -0.142. The third kappa shape index (κ3) is 1.32. The van der Waals surface area contributed by atoms with E-state index in [0.717, 1.165) is 23.2 Å². The van der Waals surface area contributed by atoms with Gasteiger partial charge in [-0.15, -0.1) is 0 Å². The second-order valence-electron chi connectivity index (χ2n) is 3.73. The summed E-state index contributed by atoms with van der Waals surface area (Å²) in [4.78, 5) is 15.7. The van der Waals surface area contributed by atoms with Gasteiger partial charge in [-0.2, -0.15) is 16.4 Å². The predicted molar refractivity (Wildman–Crippen MR) is 61.8 cm³/mol. The Morgan fingerprint density at radius 1 is 1.50 bits per heavy atom. The van der Waals surface area contributed by atoms with E-state index in [1.807, 2.05) is 12.3 Å². The molecule has 0 fully saturated rings. The number of H-pyrrole nitrogens is 1. The molecule has 0 saturated carbocycles. The Bertz CT molecular complexity index is 713. The van der Waals surface area contributed by atoms with Crippen LogP contribution in [-0.4, -0.2) is 10.2 Å². The summed E-state index contributed by atoms with van der Waals surface area (Å²) in [7, 11) is 0. The van der Waals surface area contributed by atoms with Crippen LogP contribution in [0.25, 0.3) is 5.70 Å². The standard InChI is InChI=1S/C11H9N3OS/c1-6-9-10(12-6)8(13-14-11(9)15)4-7-2-3-16-5-7/h2-3,5H,4H2,1H3,(H,14,15). The molecule has 16 heavy (non-hydrogen) atoms. The Morgan fingerprint density at radius 3 is 3.06 bits per heavy atom. The second kappa shape index (κ2) is 3.38. The molecule has 3 rings (SSSR count). The summed E-state index contributed by atoms with van der Waals surface area (Å²) in [6.07, 6.45) is 0.722. The van der Waals surface area contributed by atoms with E-state index in [9.17, 15) is 4.79 Å². The first-order valence-corrected chi connectivity index (χ1v) is 5.88. The zero-order valence-electron chi connectivity index (χ0n) is 8.65. The zero-order valence-corrected chi connectivity index (χ0v) is 9.47. The fraction of sp³-hybridized carbons (Fsp3) is 0.182. The summed E-state index contributed by atoms with van der Waals surface area (Å²) in [6.45, 7) is 1.84. The minimum Gasteiger partial charge on any atom is -0.267 e. The van der Waals surface area contributed by atoms with Crippen molar-refractivity contribution in [3.8, 4) is 0 Å². The van der Waals surface area contributed by atoms with Crippen molar-refractivity contribution in [1.29, 1.82) is 0 Å². The molecular weight excluding hydrogens is 222 g/mol. The molecule has 2 aromatic heterocycles. The van der Waals surface area contributed by atoms with Gasteiger partial charge in [-0.05, 0) is 29.3 Å². The molecule has 2 aromatic rings. The van der Waals surface area contributed by atoms with Gasteiger partial charge in [0.2, 0.25) is 0 Å². The Morgan fingerprint density at radius 2 is 2.38 bits per heavy atom. The van der Waals surface area contributed by atoms with Crippen LogP contribution in [0.5, 0.6) is 0 Å². The molecule has 0 unspecified atom stereocenters. The van der Waals surface area contributed by atoms with Crippen molar-refractivity contribution in [2.75, 3.05) is 0 Å². The van der Waals surface area contributed by atoms with E-state index in [1.54, 1.807) is 11.3 Å². The Balaban J connectivity index is 2.13. The highest BCUT2D eigenvalue weighted by Crippen LogP contribution is 2.09. The SMILES string of the molecule is CC1=c2c(=O)[nH]nc(Cc3ccsc3)c2=N1. The van der Waals surface area contributed by atoms with Gasteiger partial charge < -0.3 is 0 Å². The van der Waals surface area contributed by atoms with Crippen LogP contribution in [-0.2, 0) is 6.42 Å². The molecule has 3 heterocycles. The molecule has 4 nitrogen and oxygen atoms in total. The maximum atomic E-state index is 11.5. The van der Waals surface area contributed by atoms with Gasteiger partial charge in [0.15, 0.2) is 0 Å². The fourth-order valence-electron chi connectivity index (χ4n) is 1.82. The van der Waals surface area contributed by atoms with Gasteiger partial charge in [0.1, 0.15) is 5.36 Å². The van der Waals surface area contributed by atoms with Crippen molar-refractivity contribution >= 4 is 17.0 Å². The quantitative estimate of drug-likeness (QED) is 0.801. The van der Waals surface area contributed by atoms with E-state index >= 15 is 0 Å². The van der Waals surface area contributed by atoms with Gasteiger partial charge in [0.05, 0.1) is 16.6 Å². The van der Waals surface area contributed by atoms with Gasteiger partial charge >= 0.3 is 0 Å². The first-order chi connectivity index (χ1) is 7.75. The molecule has 1 aliphatic heterocycles. The molecule has 1 aliphatic rings. The third-order valence-corrected chi connectivity index (χ3v) is 3.35. The predicted octanol–water partition coefficient (Wildman–Crippen LogP) is 0.183. The number of nitrogens with one attached hydrogen (secondary N) is 1. The normalized spacial score (nSPS) is 12.9. The topological polar surface area (TPSA) is 58.1 Å². The molecule has 0 saturated heterocycles. The molecule has 5 heteroatoms. The van der Waals surface area contributed by atoms with Crippen molar-refractivity contribution in [2.45, 2.75) is 13.3 Å². The van der Waals surface area contributed by atoms with Crippen LogP contribution in [0, 0.1) is 0 Å². The minimum absolute atomic E-state index is 0.142. The smallest absolute Gasteiger partial charge is 0.267 e. The molecule has 0 bridgehead atoms. The molecule has 0 atom stereocenters. The van der Waals surface area contributed by atoms with Crippen molar-refractivity contribution < 1.29 is 0 Å². The number of aromatic nitrogens is 2. The van der Waals surface area contributed by atoms with E-state index in [1.165, 1.54) is 5.56 Å². The molecule has 80 valence electrons. The van der Waals surface area contributed by atoms with Gasteiger partial charge in [0, 0.05) is 6.42 Å². The van der Waals surface area contributed by atoms with Crippen LogP contribution < -0.4 is 16.1 Å². The summed E-state index contributed by atoms with van der Waals surface area (Å²) in [5.74, 6) is 0. The molecule has 0 aromatic carbocycles. The van der Waals surface area contributed by atoms with Crippen molar-refractivity contribution in [1.82, 2.24) is 10.2 Å². The maximum Gasteiger partial charge on any atom is 0.275 e. The van der Waals surface area contributed by atoms with Crippen LogP contribution in [0.3, 0.4) is 0 Å². The highest BCUT2D eigenvalue weighted by atomic mass is 32.1. The summed E-state index contributed by atoms with van der Waals surface area (Å²) in [5.41, 5.74) is 2.70. The fourth-order valence-corrected chi connectivity index (χ4v) is 2.48. The Hall–Kier alpha value is -1.75. The van der Waals surface area contributed by atoms with E-state index in [-0.39, 0.29) is 5.56 Å². The van der Waals surface area contributed by atoms with E-state index in [4.69, 9.17) is 0 Å². The van der Waals surface area contributed by atoms with E-state index in [2.05, 4.69) is 26.6 Å². The summed E-state index contributed by atoms with van der Waals surface area (Å²) in [6, 6.07) is 2.05. The number of rotatable bonds is 2. The Labute approximate surface area is 95.0 Å². The number of nitrogens with zero attached hydrogens (tertiary/aromatic N) is 2. The monoisotopic (exact) mass is 231 g/mol. The van der Waals surface area contributed by atoms with Gasteiger partial charge in [-0.3, -0.25) is 4.79 Å². The highest BCUT2D eigenvalue weighted by Gasteiger charge is 2.13. The van der Waals surface area contributed by atoms with Gasteiger partial charge in [-0.25, -0.2) is 10.1 Å². The molecule has 0 radical (unpaired) electrons. The molecular formula is C11H9N3OS. The summed E-state index contributed by atoms with van der Waals surface area (Å²) >= 11 is 1.66. The third-order valence-electron chi connectivity index (χ3n) is 2.62. The van der Waals surface area contributed by atoms with Crippen molar-refractivity contribution in [3.05, 3.63) is 49.0 Å². The van der Waals surface area contributed by atoms with Crippen molar-refractivity contribution in [2.24, 2.45) is 4.99 Å². The lowest BCUT2D eigenvalue weighted by atomic mass is 10.1. The lowest BCUT2D eigenvalue weighted by Crippen LogP contribution is -2.50. The first-order valence-electron chi connectivity index (χ1n) is 4.94. The lowest BCUT2D eigenvalue weighted by Gasteiger charge is -2.07. The summed E-state index contributed by atoms with van der Waals surface area (Å²) < 4.78 is 0. The van der Waals surface area contributed by atoms with Crippen LogP contribution in [0.4, 0.5) is 0 Å². The average Bonchev–Trinajstić information content (AvgIpc) is 2.72. The van der Waals surface area contributed by atoms with Crippen molar-refractivity contribution in [3.63, 3.8) is 0 Å². The van der Waals surface area contributed by atoms with Crippen LogP contribution >= 0.6 is 11.3 Å². The Kier molecular flexibility index (Phi) is 2.00. The molecule has 0 amide bonds. The zero-order chi connectivity index (χ0) is 11.1. The highest BCUT2D eigenvalue weighted by molar-refractivity contribution is 7.07.